The van der Waals surface area contributed by atoms with Crippen molar-refractivity contribution in [2.45, 2.75) is 20.0 Å². The summed E-state index contributed by atoms with van der Waals surface area (Å²) in [5.74, 6) is 1.66. The predicted octanol–water partition coefficient (Wildman–Crippen LogP) is 4.12. The maximum absolute atomic E-state index is 5.69. The maximum atomic E-state index is 5.69. The Balaban J connectivity index is 0.00000312. The van der Waals surface area contributed by atoms with Gasteiger partial charge in [0.2, 0.25) is 0 Å². The zero-order valence-electron chi connectivity index (χ0n) is 14.6. The van der Waals surface area contributed by atoms with E-state index in [0.717, 1.165) is 23.8 Å². The number of benzene rings is 2. The molecule has 2 aromatic rings. The van der Waals surface area contributed by atoms with Gasteiger partial charge in [0.25, 0.3) is 0 Å². The molecule has 0 aliphatic heterocycles. The molecular weight excluding hydrogens is 425 g/mol. The monoisotopic (exact) mass is 451 g/mol. The highest BCUT2D eigenvalue weighted by Crippen LogP contribution is 2.17. The zero-order valence-corrected chi connectivity index (χ0v) is 16.9. The van der Waals surface area contributed by atoms with Crippen LogP contribution in [-0.2, 0) is 13.1 Å². The van der Waals surface area contributed by atoms with Gasteiger partial charge in [-0.25, -0.2) is 4.99 Å². The smallest absolute Gasteiger partial charge is 0.191 e. The Kier molecular flexibility index (Phi) is 10.4. The molecule has 0 saturated heterocycles. The fourth-order valence-corrected chi connectivity index (χ4v) is 2.21. The van der Waals surface area contributed by atoms with Gasteiger partial charge in [0.1, 0.15) is 12.4 Å². The molecule has 0 unspecified atom stereocenters. The number of halogens is 1. The van der Waals surface area contributed by atoms with E-state index in [4.69, 9.17) is 4.74 Å². The summed E-state index contributed by atoms with van der Waals surface area (Å²) < 4.78 is 5.69. The van der Waals surface area contributed by atoms with Crippen LogP contribution in [0.1, 0.15) is 18.1 Å². The number of aliphatic imine (C=N–C) groups is 1. The van der Waals surface area contributed by atoms with Crippen LogP contribution in [0.5, 0.6) is 5.75 Å². The molecule has 0 aromatic heterocycles. The topological polar surface area (TPSA) is 45.6 Å². The molecule has 0 spiro atoms. The highest BCUT2D eigenvalue weighted by atomic mass is 127. The molecule has 0 aliphatic rings. The largest absolute Gasteiger partial charge is 0.489 e. The third-order valence-corrected chi connectivity index (χ3v) is 3.38. The van der Waals surface area contributed by atoms with Gasteiger partial charge in [0.15, 0.2) is 5.96 Å². The third kappa shape index (κ3) is 7.60. The van der Waals surface area contributed by atoms with Crippen molar-refractivity contribution in [2.24, 2.45) is 4.99 Å². The van der Waals surface area contributed by atoms with Gasteiger partial charge in [0, 0.05) is 18.7 Å². The summed E-state index contributed by atoms with van der Waals surface area (Å²) in [4.78, 5) is 4.63. The molecule has 134 valence electrons. The number of nitrogens with zero attached hydrogens (tertiary/aromatic N) is 1. The highest BCUT2D eigenvalue weighted by molar-refractivity contribution is 14.0. The minimum Gasteiger partial charge on any atom is -0.489 e. The van der Waals surface area contributed by atoms with E-state index < -0.39 is 0 Å². The van der Waals surface area contributed by atoms with Crippen LogP contribution in [0.3, 0.4) is 0 Å². The molecule has 0 heterocycles. The summed E-state index contributed by atoms with van der Waals surface area (Å²) in [6, 6.07) is 18.2. The second-order valence-corrected chi connectivity index (χ2v) is 5.24. The molecule has 2 aromatic carbocycles. The summed E-state index contributed by atoms with van der Waals surface area (Å²) in [5.41, 5.74) is 2.27. The first-order valence-electron chi connectivity index (χ1n) is 8.21. The quantitative estimate of drug-likeness (QED) is 0.275. The lowest BCUT2D eigenvalue weighted by molar-refractivity contribution is 0.358. The van der Waals surface area contributed by atoms with Gasteiger partial charge >= 0.3 is 0 Å². The summed E-state index contributed by atoms with van der Waals surface area (Å²) in [7, 11) is 0. The van der Waals surface area contributed by atoms with Gasteiger partial charge in [-0.15, -0.1) is 24.0 Å². The van der Waals surface area contributed by atoms with Crippen molar-refractivity contribution in [3.05, 3.63) is 78.4 Å². The van der Waals surface area contributed by atoms with Crippen LogP contribution in [0.15, 0.2) is 72.2 Å². The zero-order chi connectivity index (χ0) is 17.0. The van der Waals surface area contributed by atoms with Gasteiger partial charge in [-0.05, 0) is 18.6 Å². The van der Waals surface area contributed by atoms with Gasteiger partial charge in [-0.3, -0.25) is 0 Å². The van der Waals surface area contributed by atoms with E-state index in [1.165, 1.54) is 5.56 Å². The van der Waals surface area contributed by atoms with Crippen molar-refractivity contribution < 1.29 is 4.74 Å². The van der Waals surface area contributed by atoms with Crippen molar-refractivity contribution in [3.63, 3.8) is 0 Å². The number of guanidine groups is 1. The summed E-state index contributed by atoms with van der Waals surface area (Å²) >= 11 is 0. The minimum atomic E-state index is 0. The molecule has 0 aliphatic carbocycles. The van der Waals surface area contributed by atoms with Crippen LogP contribution in [-0.4, -0.2) is 19.1 Å². The molecular formula is C20H26IN3O. The molecule has 5 heteroatoms. The number of ether oxygens (including phenoxy) is 1. The van der Waals surface area contributed by atoms with Crippen LogP contribution < -0.4 is 15.4 Å². The van der Waals surface area contributed by atoms with Crippen molar-refractivity contribution in [2.75, 3.05) is 13.2 Å². The highest BCUT2D eigenvalue weighted by Gasteiger charge is 2.04. The third-order valence-electron chi connectivity index (χ3n) is 3.38. The number of para-hydroxylation sites is 1. The standard InChI is InChI=1S/C20H25N3O.HI/c1-3-14-24-19-13-9-8-12-18(19)16-23-20(21-4-2)22-15-17-10-6-5-7-11-17;/h3,5-13H,1,4,14-16H2,2H3,(H2,21,22,23);1H. The lowest BCUT2D eigenvalue weighted by Gasteiger charge is -2.14. The van der Waals surface area contributed by atoms with Gasteiger partial charge < -0.3 is 15.4 Å². The van der Waals surface area contributed by atoms with Crippen molar-refractivity contribution in [1.82, 2.24) is 10.6 Å². The first-order valence-corrected chi connectivity index (χ1v) is 8.21. The van der Waals surface area contributed by atoms with E-state index in [0.29, 0.717) is 19.7 Å². The van der Waals surface area contributed by atoms with Crippen LogP contribution in [0.2, 0.25) is 0 Å². The van der Waals surface area contributed by atoms with Gasteiger partial charge in [0.05, 0.1) is 6.54 Å². The molecule has 0 atom stereocenters. The van der Waals surface area contributed by atoms with Crippen molar-refractivity contribution >= 4 is 29.9 Å². The molecule has 0 bridgehead atoms. The first kappa shape index (κ1) is 21.0. The number of hydrogen-bond acceptors (Lipinski definition) is 2. The van der Waals surface area contributed by atoms with E-state index >= 15 is 0 Å². The summed E-state index contributed by atoms with van der Waals surface area (Å²) in [5, 5.41) is 6.62. The van der Waals surface area contributed by atoms with E-state index in [1.54, 1.807) is 6.08 Å². The van der Waals surface area contributed by atoms with Crippen LogP contribution in [0.25, 0.3) is 0 Å². The van der Waals surface area contributed by atoms with Gasteiger partial charge in [-0.1, -0.05) is 61.2 Å². The Morgan fingerprint density at radius 2 is 1.80 bits per heavy atom. The van der Waals surface area contributed by atoms with Crippen molar-refractivity contribution in [3.8, 4) is 5.75 Å². The second kappa shape index (κ2) is 12.4. The first-order chi connectivity index (χ1) is 11.8. The van der Waals surface area contributed by atoms with E-state index in [9.17, 15) is 0 Å². The van der Waals surface area contributed by atoms with E-state index in [2.05, 4.69) is 41.3 Å². The van der Waals surface area contributed by atoms with Crippen LogP contribution >= 0.6 is 24.0 Å². The molecule has 0 amide bonds. The normalized spacial score (nSPS) is 10.5. The predicted molar refractivity (Wildman–Crippen MR) is 116 cm³/mol. The second-order valence-electron chi connectivity index (χ2n) is 5.24. The lowest BCUT2D eigenvalue weighted by Crippen LogP contribution is -2.36. The van der Waals surface area contributed by atoms with Crippen LogP contribution in [0.4, 0.5) is 0 Å². The van der Waals surface area contributed by atoms with Crippen molar-refractivity contribution in [1.29, 1.82) is 0 Å². The molecule has 0 fully saturated rings. The Labute approximate surface area is 167 Å². The lowest BCUT2D eigenvalue weighted by atomic mass is 10.2. The Morgan fingerprint density at radius 3 is 2.52 bits per heavy atom. The molecule has 0 saturated carbocycles. The molecule has 25 heavy (non-hydrogen) atoms. The maximum Gasteiger partial charge on any atom is 0.191 e. The fourth-order valence-electron chi connectivity index (χ4n) is 2.21. The fraction of sp³-hybridized carbons (Fsp3) is 0.250. The Bertz CT molecular complexity index is 659. The number of nitrogens with one attached hydrogen (secondary N) is 2. The summed E-state index contributed by atoms with van der Waals surface area (Å²) in [6.07, 6.45) is 1.75. The average Bonchev–Trinajstić information content (AvgIpc) is 2.64. The van der Waals surface area contributed by atoms with E-state index in [-0.39, 0.29) is 24.0 Å². The molecule has 0 radical (unpaired) electrons. The molecule has 4 nitrogen and oxygen atoms in total. The average molecular weight is 451 g/mol. The number of hydrogen-bond donors (Lipinski definition) is 2. The Morgan fingerprint density at radius 1 is 1.08 bits per heavy atom. The SMILES string of the molecule is C=CCOc1ccccc1CNC(=NCc1ccccc1)NCC.I. The molecule has 2 N–H and O–H groups in total. The Hall–Kier alpha value is -2.02. The molecule has 2 rings (SSSR count). The summed E-state index contributed by atoms with van der Waals surface area (Å²) in [6.45, 7) is 8.35. The van der Waals surface area contributed by atoms with E-state index in [1.807, 2.05) is 42.5 Å². The minimum absolute atomic E-state index is 0. The number of rotatable bonds is 8. The van der Waals surface area contributed by atoms with Crippen LogP contribution in [0, 0.1) is 0 Å². The van der Waals surface area contributed by atoms with Gasteiger partial charge in [-0.2, -0.15) is 0 Å².